The highest BCUT2D eigenvalue weighted by Crippen LogP contribution is 2.14. The third-order valence-corrected chi connectivity index (χ3v) is 1.52. The average Bonchev–Trinajstić information content (AvgIpc) is 2.59. The predicted molar refractivity (Wildman–Crippen MR) is 44.6 cm³/mol. The molecule has 0 unspecified atom stereocenters. The number of aromatic nitrogens is 2. The molecule has 0 aliphatic carbocycles. The Hall–Kier alpha value is -1.37. The van der Waals surface area contributed by atoms with Gasteiger partial charge in [-0.3, -0.25) is 4.79 Å². The summed E-state index contributed by atoms with van der Waals surface area (Å²) >= 11 is 0. The number of aromatic amines is 1. The number of hydrogen-bond acceptors (Lipinski definition) is 3. The summed E-state index contributed by atoms with van der Waals surface area (Å²) in [5, 5.41) is 0. The molecule has 0 saturated carbocycles. The number of H-pyrrole nitrogens is 1. The van der Waals surface area contributed by atoms with Crippen molar-refractivity contribution in [2.24, 2.45) is 0 Å². The number of imidazole rings is 1. The van der Waals surface area contributed by atoms with Gasteiger partial charge in [-0.15, -0.1) is 0 Å². The second-order valence-corrected chi connectivity index (χ2v) is 2.82. The fourth-order valence-corrected chi connectivity index (χ4v) is 0.922. The second-order valence-electron chi connectivity index (χ2n) is 2.82. The van der Waals surface area contributed by atoms with Crippen LogP contribution < -0.4 is 0 Å². The monoisotopic (exact) mass is 222 g/mol. The number of rotatable bonds is 5. The van der Waals surface area contributed by atoms with Crippen molar-refractivity contribution in [3.05, 3.63) is 17.7 Å². The van der Waals surface area contributed by atoms with Gasteiger partial charge in [-0.05, 0) is 0 Å². The lowest BCUT2D eigenvalue weighted by atomic mass is 10.4. The van der Waals surface area contributed by atoms with Gasteiger partial charge in [-0.1, -0.05) is 0 Å². The smallest absolute Gasteiger partial charge is 0.372 e. The number of aldehydes is 1. The Bertz CT molecular complexity index is 322. The SMILES string of the molecule is O=Cc1cnc(CCOCC(F)(F)F)[nH]1. The van der Waals surface area contributed by atoms with E-state index in [0.29, 0.717) is 17.8 Å². The topological polar surface area (TPSA) is 55.0 Å². The lowest BCUT2D eigenvalue weighted by molar-refractivity contribution is -0.173. The Morgan fingerprint density at radius 2 is 2.27 bits per heavy atom. The molecule has 1 rings (SSSR count). The van der Waals surface area contributed by atoms with Gasteiger partial charge in [0.05, 0.1) is 18.5 Å². The van der Waals surface area contributed by atoms with Gasteiger partial charge in [-0.2, -0.15) is 13.2 Å². The fraction of sp³-hybridized carbons (Fsp3) is 0.500. The van der Waals surface area contributed by atoms with Gasteiger partial charge in [0.25, 0.3) is 0 Å². The molecule has 15 heavy (non-hydrogen) atoms. The van der Waals surface area contributed by atoms with Crippen molar-refractivity contribution in [1.82, 2.24) is 9.97 Å². The maximum Gasteiger partial charge on any atom is 0.411 e. The van der Waals surface area contributed by atoms with Crippen molar-refractivity contribution < 1.29 is 22.7 Å². The van der Waals surface area contributed by atoms with E-state index < -0.39 is 12.8 Å². The highest BCUT2D eigenvalue weighted by atomic mass is 19.4. The van der Waals surface area contributed by atoms with Gasteiger partial charge >= 0.3 is 6.18 Å². The minimum absolute atomic E-state index is 0.0919. The van der Waals surface area contributed by atoms with Crippen molar-refractivity contribution in [3.8, 4) is 0 Å². The molecule has 0 spiro atoms. The van der Waals surface area contributed by atoms with E-state index in [-0.39, 0.29) is 13.0 Å². The maximum absolute atomic E-state index is 11.6. The van der Waals surface area contributed by atoms with Crippen LogP contribution in [0.2, 0.25) is 0 Å². The van der Waals surface area contributed by atoms with Gasteiger partial charge in [0.1, 0.15) is 12.4 Å². The van der Waals surface area contributed by atoms with Crippen molar-refractivity contribution >= 4 is 6.29 Å². The third-order valence-electron chi connectivity index (χ3n) is 1.52. The van der Waals surface area contributed by atoms with Crippen LogP contribution in [0, 0.1) is 0 Å². The molecule has 0 aromatic carbocycles. The zero-order valence-electron chi connectivity index (χ0n) is 7.67. The lowest BCUT2D eigenvalue weighted by Gasteiger charge is -2.06. The van der Waals surface area contributed by atoms with Crippen LogP contribution in [0.1, 0.15) is 16.3 Å². The van der Waals surface area contributed by atoms with Crippen LogP contribution in [0.15, 0.2) is 6.20 Å². The molecular formula is C8H9F3N2O2. The number of ether oxygens (including phenoxy) is 1. The number of hydrogen-bond donors (Lipinski definition) is 1. The van der Waals surface area contributed by atoms with Crippen LogP contribution in [0.25, 0.3) is 0 Å². The standard InChI is InChI=1S/C8H9F3N2O2/c9-8(10,11)5-15-2-1-7-12-3-6(4-14)13-7/h3-4H,1-2,5H2,(H,12,13). The first-order valence-electron chi connectivity index (χ1n) is 4.15. The Morgan fingerprint density at radius 1 is 1.53 bits per heavy atom. The predicted octanol–water partition coefficient (Wildman–Crippen LogP) is 1.34. The molecule has 0 fully saturated rings. The van der Waals surface area contributed by atoms with Gasteiger partial charge in [0.2, 0.25) is 0 Å². The summed E-state index contributed by atoms with van der Waals surface area (Å²) in [6.07, 6.45) is -2.21. The zero-order chi connectivity index (χ0) is 11.3. The van der Waals surface area contributed by atoms with Crippen LogP contribution in [-0.4, -0.2) is 35.6 Å². The summed E-state index contributed by atoms with van der Waals surface area (Å²) in [7, 11) is 0. The van der Waals surface area contributed by atoms with Gasteiger partial charge < -0.3 is 9.72 Å². The molecule has 1 aromatic heterocycles. The minimum atomic E-state index is -4.31. The highest BCUT2D eigenvalue weighted by Gasteiger charge is 2.27. The number of halogens is 3. The Labute approximate surface area is 83.5 Å². The molecule has 0 saturated heterocycles. The molecule has 0 amide bonds. The average molecular weight is 222 g/mol. The van der Waals surface area contributed by atoms with E-state index in [0.717, 1.165) is 0 Å². The van der Waals surface area contributed by atoms with Crippen LogP contribution >= 0.6 is 0 Å². The summed E-state index contributed by atoms with van der Waals surface area (Å²) in [6, 6.07) is 0. The van der Waals surface area contributed by atoms with Gasteiger partial charge in [0.15, 0.2) is 6.29 Å². The molecule has 84 valence electrons. The molecule has 1 heterocycles. The summed E-state index contributed by atoms with van der Waals surface area (Å²) in [5.74, 6) is 0.430. The van der Waals surface area contributed by atoms with Crippen LogP contribution in [0.5, 0.6) is 0 Å². The van der Waals surface area contributed by atoms with E-state index in [1.165, 1.54) is 6.20 Å². The van der Waals surface area contributed by atoms with E-state index in [4.69, 9.17) is 0 Å². The molecule has 0 aliphatic heterocycles. The second kappa shape index (κ2) is 4.92. The molecule has 1 N–H and O–H groups in total. The normalized spacial score (nSPS) is 11.7. The first-order valence-corrected chi connectivity index (χ1v) is 4.15. The third kappa shape index (κ3) is 4.59. The van der Waals surface area contributed by atoms with E-state index in [9.17, 15) is 18.0 Å². The Kier molecular flexibility index (Phi) is 3.84. The number of nitrogens with one attached hydrogen (secondary N) is 1. The Balaban J connectivity index is 2.23. The first kappa shape index (κ1) is 11.7. The van der Waals surface area contributed by atoms with Gasteiger partial charge in [0, 0.05) is 6.42 Å². The van der Waals surface area contributed by atoms with Crippen LogP contribution in [-0.2, 0) is 11.2 Å². The molecule has 1 aromatic rings. The van der Waals surface area contributed by atoms with E-state index in [1.807, 2.05) is 0 Å². The quantitative estimate of drug-likeness (QED) is 0.604. The number of carbonyl (C=O) groups excluding carboxylic acids is 1. The molecule has 4 nitrogen and oxygen atoms in total. The summed E-state index contributed by atoms with van der Waals surface area (Å²) in [6.45, 7) is -1.36. The number of nitrogens with zero attached hydrogens (tertiary/aromatic N) is 1. The molecule has 0 radical (unpaired) electrons. The van der Waals surface area contributed by atoms with Crippen molar-refractivity contribution in [1.29, 1.82) is 0 Å². The highest BCUT2D eigenvalue weighted by molar-refractivity contribution is 5.71. The van der Waals surface area contributed by atoms with E-state index >= 15 is 0 Å². The van der Waals surface area contributed by atoms with Crippen LogP contribution in [0.3, 0.4) is 0 Å². The molecular weight excluding hydrogens is 213 g/mol. The summed E-state index contributed by atoms with van der Waals surface area (Å²) < 4.78 is 39.3. The maximum atomic E-state index is 11.6. The van der Waals surface area contributed by atoms with Crippen LogP contribution in [0.4, 0.5) is 13.2 Å². The summed E-state index contributed by atoms with van der Waals surface area (Å²) in [5.41, 5.74) is 0.292. The van der Waals surface area contributed by atoms with Gasteiger partial charge in [-0.25, -0.2) is 4.98 Å². The number of alkyl halides is 3. The largest absolute Gasteiger partial charge is 0.411 e. The minimum Gasteiger partial charge on any atom is -0.372 e. The number of carbonyl (C=O) groups is 1. The Morgan fingerprint density at radius 3 is 2.80 bits per heavy atom. The van der Waals surface area contributed by atoms with Crippen molar-refractivity contribution in [2.75, 3.05) is 13.2 Å². The molecule has 0 atom stereocenters. The van der Waals surface area contributed by atoms with E-state index in [2.05, 4.69) is 14.7 Å². The van der Waals surface area contributed by atoms with Crippen molar-refractivity contribution in [3.63, 3.8) is 0 Å². The molecule has 0 bridgehead atoms. The fourth-order valence-electron chi connectivity index (χ4n) is 0.922. The first-order chi connectivity index (χ1) is 7.01. The molecule has 0 aliphatic rings. The lowest BCUT2D eigenvalue weighted by Crippen LogP contribution is -2.18. The van der Waals surface area contributed by atoms with E-state index in [1.54, 1.807) is 0 Å². The summed E-state index contributed by atoms with van der Waals surface area (Å²) in [4.78, 5) is 16.6. The zero-order valence-corrected chi connectivity index (χ0v) is 7.67. The molecule has 7 heteroatoms. The van der Waals surface area contributed by atoms with Crippen molar-refractivity contribution in [2.45, 2.75) is 12.6 Å².